The average Bonchev–Trinajstić information content (AvgIpc) is 2.36. The molecule has 3 atom stereocenters. The highest BCUT2D eigenvalue weighted by Gasteiger charge is 2.28. The molecule has 1 fully saturated rings. The highest BCUT2D eigenvalue weighted by atomic mass is 16.1. The summed E-state index contributed by atoms with van der Waals surface area (Å²) in [5.41, 5.74) is 11.8. The number of carbonyl (C=O) groups excluding carboxylic acids is 1. The molecule has 0 aliphatic heterocycles. The number of anilines is 2. The van der Waals surface area contributed by atoms with Crippen LogP contribution in [0.5, 0.6) is 0 Å². The largest absolute Gasteiger partial charge is 0.397 e. The number of hydrogen-bond donors (Lipinski definition) is 3. The first-order valence-electron chi connectivity index (χ1n) is 6.81. The van der Waals surface area contributed by atoms with E-state index in [0.717, 1.165) is 6.42 Å². The van der Waals surface area contributed by atoms with E-state index in [1.165, 1.54) is 12.8 Å². The van der Waals surface area contributed by atoms with E-state index in [4.69, 9.17) is 11.5 Å². The standard InChI is InChI=1S/C14H22N4O/c1-8-4-3-5-12(9(8)2)18-14-11(13(16)19)6-10(15)7-17-14/h6-9,12H,3-5,15H2,1-2H3,(H2,16,19)(H,17,18). The zero-order valence-corrected chi connectivity index (χ0v) is 11.5. The van der Waals surface area contributed by atoms with Crippen LogP contribution in [0.4, 0.5) is 11.5 Å². The van der Waals surface area contributed by atoms with Gasteiger partial charge < -0.3 is 16.8 Å². The summed E-state index contributed by atoms with van der Waals surface area (Å²) in [6.45, 7) is 4.51. The fraction of sp³-hybridized carbons (Fsp3) is 0.571. The van der Waals surface area contributed by atoms with Gasteiger partial charge >= 0.3 is 0 Å². The molecule has 2 rings (SSSR count). The van der Waals surface area contributed by atoms with Crippen molar-refractivity contribution >= 4 is 17.4 Å². The summed E-state index contributed by atoms with van der Waals surface area (Å²) < 4.78 is 0. The minimum Gasteiger partial charge on any atom is -0.397 e. The van der Waals surface area contributed by atoms with Crippen molar-refractivity contribution in [2.24, 2.45) is 17.6 Å². The van der Waals surface area contributed by atoms with E-state index in [1.807, 2.05) is 0 Å². The second-order valence-electron chi connectivity index (χ2n) is 5.55. The van der Waals surface area contributed by atoms with E-state index in [-0.39, 0.29) is 0 Å². The number of amides is 1. The van der Waals surface area contributed by atoms with Gasteiger partial charge in [-0.2, -0.15) is 0 Å². The molecule has 19 heavy (non-hydrogen) atoms. The molecule has 104 valence electrons. The molecule has 1 amide bonds. The Hall–Kier alpha value is -1.78. The van der Waals surface area contributed by atoms with Crippen LogP contribution in [-0.2, 0) is 0 Å². The van der Waals surface area contributed by atoms with Crippen molar-refractivity contribution < 1.29 is 4.79 Å². The van der Waals surface area contributed by atoms with Crippen molar-refractivity contribution in [3.8, 4) is 0 Å². The van der Waals surface area contributed by atoms with Crippen molar-refractivity contribution in [1.82, 2.24) is 4.98 Å². The van der Waals surface area contributed by atoms with Crippen LogP contribution in [0.1, 0.15) is 43.5 Å². The lowest BCUT2D eigenvalue weighted by atomic mass is 9.78. The van der Waals surface area contributed by atoms with Crippen LogP contribution in [-0.4, -0.2) is 16.9 Å². The van der Waals surface area contributed by atoms with Gasteiger partial charge in [0.05, 0.1) is 17.4 Å². The minimum atomic E-state index is -0.501. The van der Waals surface area contributed by atoms with Crippen molar-refractivity contribution in [3.63, 3.8) is 0 Å². The van der Waals surface area contributed by atoms with E-state index in [1.54, 1.807) is 12.3 Å². The van der Waals surface area contributed by atoms with Gasteiger partial charge in [0.1, 0.15) is 5.82 Å². The lowest BCUT2D eigenvalue weighted by molar-refractivity contribution is 0.100. The van der Waals surface area contributed by atoms with E-state index >= 15 is 0 Å². The maximum absolute atomic E-state index is 11.4. The molecule has 1 heterocycles. The van der Waals surface area contributed by atoms with Crippen molar-refractivity contribution in [3.05, 3.63) is 17.8 Å². The van der Waals surface area contributed by atoms with E-state index in [0.29, 0.717) is 34.9 Å². The van der Waals surface area contributed by atoms with E-state index in [2.05, 4.69) is 24.1 Å². The van der Waals surface area contributed by atoms with Crippen LogP contribution >= 0.6 is 0 Å². The van der Waals surface area contributed by atoms with Gasteiger partial charge in [-0.25, -0.2) is 4.98 Å². The SMILES string of the molecule is CC1CCCC(Nc2ncc(N)cc2C(N)=O)C1C. The summed E-state index contributed by atoms with van der Waals surface area (Å²) in [4.78, 5) is 15.7. The molecule has 0 bridgehead atoms. The summed E-state index contributed by atoms with van der Waals surface area (Å²) in [7, 11) is 0. The molecule has 0 radical (unpaired) electrons. The molecule has 0 saturated heterocycles. The van der Waals surface area contributed by atoms with Crippen LogP contribution in [0, 0.1) is 11.8 Å². The highest BCUT2D eigenvalue weighted by molar-refractivity contribution is 5.98. The second kappa shape index (κ2) is 5.47. The summed E-state index contributed by atoms with van der Waals surface area (Å²) in [6, 6.07) is 1.91. The highest BCUT2D eigenvalue weighted by Crippen LogP contribution is 2.31. The Labute approximate surface area is 113 Å². The zero-order chi connectivity index (χ0) is 14.0. The van der Waals surface area contributed by atoms with E-state index in [9.17, 15) is 4.79 Å². The van der Waals surface area contributed by atoms with Crippen molar-refractivity contribution in [1.29, 1.82) is 0 Å². The topological polar surface area (TPSA) is 94.0 Å². The quantitative estimate of drug-likeness (QED) is 0.776. The molecule has 1 aromatic rings. The van der Waals surface area contributed by atoms with Crippen molar-refractivity contribution in [2.45, 2.75) is 39.2 Å². The normalized spacial score (nSPS) is 26.9. The Morgan fingerprint density at radius 1 is 1.42 bits per heavy atom. The van der Waals surface area contributed by atoms with Crippen LogP contribution in [0.25, 0.3) is 0 Å². The Morgan fingerprint density at radius 3 is 2.84 bits per heavy atom. The third-order valence-electron chi connectivity index (χ3n) is 4.20. The first kappa shape index (κ1) is 13.6. The third-order valence-corrected chi connectivity index (χ3v) is 4.20. The maximum atomic E-state index is 11.4. The summed E-state index contributed by atoms with van der Waals surface area (Å²) >= 11 is 0. The van der Waals surface area contributed by atoms with Gasteiger partial charge in [-0.05, 0) is 24.3 Å². The molecule has 3 unspecified atom stereocenters. The van der Waals surface area contributed by atoms with Gasteiger partial charge in [-0.15, -0.1) is 0 Å². The molecule has 1 aliphatic carbocycles. The Bertz CT molecular complexity index is 475. The molecule has 1 aliphatic rings. The predicted octanol–water partition coefficient (Wildman–Crippen LogP) is 2.00. The van der Waals surface area contributed by atoms with Crippen LogP contribution in [0.2, 0.25) is 0 Å². The van der Waals surface area contributed by atoms with Crippen LogP contribution < -0.4 is 16.8 Å². The van der Waals surface area contributed by atoms with Gasteiger partial charge in [-0.3, -0.25) is 4.79 Å². The fourth-order valence-corrected chi connectivity index (χ4v) is 2.75. The summed E-state index contributed by atoms with van der Waals surface area (Å²) in [5.74, 6) is 1.28. The summed E-state index contributed by atoms with van der Waals surface area (Å²) in [6.07, 6.45) is 5.10. The Kier molecular flexibility index (Phi) is 3.93. The van der Waals surface area contributed by atoms with Gasteiger partial charge in [0.2, 0.25) is 0 Å². The number of aromatic nitrogens is 1. The van der Waals surface area contributed by atoms with Crippen LogP contribution in [0.3, 0.4) is 0 Å². The number of pyridine rings is 1. The predicted molar refractivity (Wildman–Crippen MR) is 76.8 cm³/mol. The number of nitrogen functional groups attached to an aromatic ring is 1. The molecule has 5 heteroatoms. The number of rotatable bonds is 3. The van der Waals surface area contributed by atoms with Gasteiger partial charge in [-0.1, -0.05) is 26.7 Å². The van der Waals surface area contributed by atoms with E-state index < -0.39 is 5.91 Å². The number of primary amides is 1. The number of carbonyl (C=O) groups is 1. The van der Waals surface area contributed by atoms with Crippen LogP contribution in [0.15, 0.2) is 12.3 Å². The monoisotopic (exact) mass is 262 g/mol. The van der Waals surface area contributed by atoms with Gasteiger partial charge in [0.15, 0.2) is 0 Å². The fourth-order valence-electron chi connectivity index (χ4n) is 2.75. The number of nitrogens with two attached hydrogens (primary N) is 2. The summed E-state index contributed by atoms with van der Waals surface area (Å²) in [5, 5.41) is 3.37. The molecular formula is C14H22N4O. The number of nitrogens with zero attached hydrogens (tertiary/aromatic N) is 1. The smallest absolute Gasteiger partial charge is 0.252 e. The van der Waals surface area contributed by atoms with Crippen molar-refractivity contribution in [2.75, 3.05) is 11.1 Å². The molecule has 1 saturated carbocycles. The average molecular weight is 262 g/mol. The number of nitrogens with one attached hydrogen (secondary N) is 1. The second-order valence-corrected chi connectivity index (χ2v) is 5.55. The molecule has 1 aromatic heterocycles. The molecule has 0 aromatic carbocycles. The number of hydrogen-bond acceptors (Lipinski definition) is 4. The van der Waals surface area contributed by atoms with Gasteiger partial charge in [0.25, 0.3) is 5.91 Å². The lowest BCUT2D eigenvalue weighted by Gasteiger charge is -2.35. The first-order valence-corrected chi connectivity index (χ1v) is 6.81. The lowest BCUT2D eigenvalue weighted by Crippen LogP contribution is -2.36. The maximum Gasteiger partial charge on any atom is 0.252 e. The Morgan fingerprint density at radius 2 is 2.16 bits per heavy atom. The third kappa shape index (κ3) is 2.97. The molecule has 0 spiro atoms. The molecule has 5 nitrogen and oxygen atoms in total. The Balaban J connectivity index is 2.21. The first-order chi connectivity index (χ1) is 8.99. The molecule has 5 N–H and O–H groups in total. The molecular weight excluding hydrogens is 240 g/mol. The zero-order valence-electron chi connectivity index (χ0n) is 11.5. The van der Waals surface area contributed by atoms with Gasteiger partial charge in [0, 0.05) is 6.04 Å². The minimum absolute atomic E-state index is 0.331.